The van der Waals surface area contributed by atoms with Crippen LogP contribution in [0.2, 0.25) is 0 Å². The maximum atomic E-state index is 15.2. The molecule has 0 bridgehead atoms. The first kappa shape index (κ1) is 22.9. The van der Waals surface area contributed by atoms with E-state index in [4.69, 9.17) is 14.0 Å². The van der Waals surface area contributed by atoms with Crippen molar-refractivity contribution in [1.82, 2.24) is 15.0 Å². The molecule has 4 nitrogen and oxygen atoms in total. The van der Waals surface area contributed by atoms with Crippen molar-refractivity contribution in [3.05, 3.63) is 208 Å². The molecule has 0 amide bonds. The van der Waals surface area contributed by atoms with E-state index < -0.39 is 102 Å². The van der Waals surface area contributed by atoms with Gasteiger partial charge in [0.05, 0.1) is 6.95 Å². The Kier molecular flexibility index (Phi) is 6.92. The van der Waals surface area contributed by atoms with Gasteiger partial charge in [-0.25, -0.2) is 4.39 Å². The van der Waals surface area contributed by atoms with Crippen molar-refractivity contribution in [2.75, 3.05) is 0 Å². The molecule has 59 heavy (non-hydrogen) atoms. The van der Waals surface area contributed by atoms with Gasteiger partial charge in [0.25, 0.3) is 0 Å². The third kappa shape index (κ3) is 8.85. The number of halogens is 1. The van der Waals surface area contributed by atoms with E-state index in [2.05, 4.69) is 33.2 Å². The quantitative estimate of drug-likeness (QED) is 0.115. The predicted molar refractivity (Wildman–Crippen MR) is 231 cm³/mol. The fraction of sp³-hybridized carbons (Fsp3) is 0.151. The maximum Gasteiger partial charge on any atom is 3.00 e. The van der Waals surface area contributed by atoms with Crippen LogP contribution in [-0.2, 0) is 58.3 Å². The van der Waals surface area contributed by atoms with Gasteiger partial charge in [0.15, 0.2) is 0 Å². The van der Waals surface area contributed by atoms with E-state index in [0.29, 0.717) is 22.6 Å². The van der Waals surface area contributed by atoms with E-state index >= 15 is 4.39 Å². The number of fused-ring (bicyclic) bond motifs is 3. The fourth-order valence-corrected chi connectivity index (χ4v) is 6.27. The van der Waals surface area contributed by atoms with Crippen LogP contribution < -0.4 is 0 Å². The second-order valence-corrected chi connectivity index (χ2v) is 13.0. The van der Waals surface area contributed by atoms with Gasteiger partial charge in [-0.3, -0.25) is 0 Å². The molecule has 9 rings (SSSR count). The van der Waals surface area contributed by atoms with Gasteiger partial charge in [-0.15, -0.1) is 90.0 Å². The maximum absolute atomic E-state index is 15.2. The Hall–Kier alpha value is -6.07. The van der Waals surface area contributed by atoms with Crippen LogP contribution >= 0.6 is 0 Å². The zero-order valence-electron chi connectivity index (χ0n) is 49.7. The summed E-state index contributed by atoms with van der Waals surface area (Å²) in [6, 6.07) is 33.7. The molecule has 0 unspecified atom stereocenters. The molecule has 0 saturated heterocycles. The Bertz CT molecular complexity index is 3580. The van der Waals surface area contributed by atoms with Crippen molar-refractivity contribution < 1.29 is 55.0 Å². The topological polar surface area (TPSA) is 51.8 Å². The summed E-state index contributed by atoms with van der Waals surface area (Å²) in [5, 5.41) is 0.341. The molecular weight excluding hydrogens is 906 g/mol. The SMILES string of the molecule is [2H]c1ccc2oc3c(-c4ccc(C([2H])([2H])C([2H])([2H])c5cc(C([2H])([2H])C([2H])([2H])c6cnc(-c7[c-]cccc7)cc6C([2H])([2H])[2H])cc(C([2H])([2H])C([2H])([2H])c6cnc(-c7[c-]cccc7)cc6C([2H])([2H])[2H])c5)cn4)[c-]ccc3c2c1F.[Ir+3]. The summed E-state index contributed by atoms with van der Waals surface area (Å²) in [6.45, 7) is -6.18. The molecule has 4 heterocycles. The van der Waals surface area contributed by atoms with Crippen molar-refractivity contribution in [3.8, 4) is 33.8 Å². The third-order valence-corrected chi connectivity index (χ3v) is 9.11. The van der Waals surface area contributed by atoms with E-state index in [1.54, 1.807) is 36.4 Å². The van der Waals surface area contributed by atoms with E-state index in [1.165, 1.54) is 48.5 Å². The first-order valence-electron chi connectivity index (χ1n) is 27.4. The molecule has 0 saturated carbocycles. The molecule has 0 aliphatic carbocycles. The molecule has 9 aromatic rings. The molecule has 0 atom stereocenters. The van der Waals surface area contributed by atoms with Gasteiger partial charge in [-0.1, -0.05) is 70.6 Å². The summed E-state index contributed by atoms with van der Waals surface area (Å²) < 4.78 is 193. The Morgan fingerprint density at radius 1 is 0.610 bits per heavy atom. The van der Waals surface area contributed by atoms with Crippen LogP contribution in [0.5, 0.6) is 0 Å². The number of aromatic nitrogens is 3. The van der Waals surface area contributed by atoms with Gasteiger partial charge in [0.2, 0.25) is 0 Å². The monoisotopic (exact) mass is 966 g/mol. The van der Waals surface area contributed by atoms with Gasteiger partial charge in [0, 0.05) is 48.7 Å². The number of benzene rings is 5. The summed E-state index contributed by atoms with van der Waals surface area (Å²) in [5.74, 6) is -0.819. The number of furan rings is 1. The van der Waals surface area contributed by atoms with Crippen LogP contribution in [0.3, 0.4) is 0 Å². The number of pyridine rings is 3. The largest absolute Gasteiger partial charge is 3.00 e. The average molecular weight is 966 g/mol. The number of hydrogen-bond donors (Lipinski definition) is 0. The number of rotatable bonds is 12. The fourth-order valence-electron chi connectivity index (χ4n) is 6.27. The summed E-state index contributed by atoms with van der Waals surface area (Å²) in [7, 11) is 0. The summed E-state index contributed by atoms with van der Waals surface area (Å²) in [5.41, 5.74) is -4.57. The standard InChI is InChI=1S/C53H41FN3O.Ir/c1-35-27-49(41-11-5-3-6-12-41)56-33-43(35)24-21-39-29-38(30-40(31-39)22-25-44-34-57-50(28-36(44)2)42-13-7-4-8-14-42)20-19-37-23-26-48(55-32-37)45-15-9-16-46-52-47(54)17-10-18-51(52)58-53(45)46;/h3-11,13,16-18,23,26-34H,19-22,24-25H2,1-2H3;/q-3;+3/i1D3,2D3,17D,19D2,20D2,21D2,22D2,24D2,25D2;. The summed E-state index contributed by atoms with van der Waals surface area (Å²) in [4.78, 5) is 12.9. The molecule has 0 N–H and O–H groups in total. The van der Waals surface area contributed by atoms with E-state index in [9.17, 15) is 16.4 Å². The van der Waals surface area contributed by atoms with E-state index in [0.717, 1.165) is 42.9 Å². The molecule has 0 fully saturated rings. The van der Waals surface area contributed by atoms with Crippen molar-refractivity contribution in [2.45, 2.75) is 51.9 Å². The van der Waals surface area contributed by atoms with Crippen molar-refractivity contribution in [3.63, 3.8) is 0 Å². The first-order valence-corrected chi connectivity index (χ1v) is 17.9. The average Bonchev–Trinajstić information content (AvgIpc) is 3.92. The van der Waals surface area contributed by atoms with Gasteiger partial charge >= 0.3 is 20.1 Å². The number of hydrogen-bond acceptors (Lipinski definition) is 4. The van der Waals surface area contributed by atoms with Crippen LogP contribution in [0.1, 0.15) is 70.6 Å². The first-order chi connectivity index (χ1) is 35.8. The van der Waals surface area contributed by atoms with Crippen LogP contribution in [0.15, 0.2) is 144 Å². The van der Waals surface area contributed by atoms with Crippen LogP contribution in [0.25, 0.3) is 55.7 Å². The molecule has 0 aliphatic rings. The van der Waals surface area contributed by atoms with Gasteiger partial charge in [-0.05, 0) is 115 Å². The second kappa shape index (κ2) is 17.8. The third-order valence-electron chi connectivity index (χ3n) is 9.11. The Morgan fingerprint density at radius 3 is 1.76 bits per heavy atom. The molecule has 5 aromatic carbocycles. The van der Waals surface area contributed by atoms with Gasteiger partial charge in [0.1, 0.15) is 11.4 Å². The zero-order valence-corrected chi connectivity index (χ0v) is 33.1. The van der Waals surface area contributed by atoms with Crippen LogP contribution in [0, 0.1) is 37.7 Å². The smallest absolute Gasteiger partial charge is 0.500 e. The van der Waals surface area contributed by atoms with Crippen LogP contribution in [0.4, 0.5) is 4.39 Å². The van der Waals surface area contributed by atoms with Crippen molar-refractivity contribution in [2.24, 2.45) is 0 Å². The minimum atomic E-state index is -3.51. The molecule has 0 aliphatic heterocycles. The van der Waals surface area contributed by atoms with E-state index in [-0.39, 0.29) is 65.3 Å². The molecule has 4 aromatic heterocycles. The molecule has 290 valence electrons. The molecule has 0 radical (unpaired) electrons. The molecule has 6 heteroatoms. The Labute approximate surface area is 385 Å². The van der Waals surface area contributed by atoms with Crippen molar-refractivity contribution in [1.29, 1.82) is 0 Å². The Balaban J connectivity index is 0.00000803. The molecule has 0 spiro atoms. The Morgan fingerprint density at radius 2 is 1.20 bits per heavy atom. The summed E-state index contributed by atoms with van der Waals surface area (Å²) >= 11 is 0. The van der Waals surface area contributed by atoms with Crippen molar-refractivity contribution >= 4 is 21.9 Å². The number of nitrogens with zero attached hydrogens (tertiary/aromatic N) is 3. The van der Waals surface area contributed by atoms with Gasteiger partial charge < -0.3 is 19.4 Å². The van der Waals surface area contributed by atoms with Crippen LogP contribution in [-0.4, -0.2) is 15.0 Å². The summed E-state index contributed by atoms with van der Waals surface area (Å²) in [6.07, 6.45) is -17.8. The second-order valence-electron chi connectivity index (χ2n) is 13.0. The zero-order chi connectivity index (χ0) is 56.1. The van der Waals surface area contributed by atoms with E-state index in [1.807, 2.05) is 0 Å². The minimum absolute atomic E-state index is 0. The van der Waals surface area contributed by atoms with Gasteiger partial charge in [-0.2, -0.15) is 0 Å². The molecular formula is C53H41FIrN3O. The minimum Gasteiger partial charge on any atom is -0.500 e. The number of aryl methyl sites for hydroxylation is 8. The predicted octanol–water partition coefficient (Wildman–Crippen LogP) is 12.3. The normalized spacial score (nSPS) is 17.9.